The van der Waals surface area contributed by atoms with Crippen LogP contribution in [0.3, 0.4) is 0 Å². The normalized spacial score (nSPS) is 11.2. The van der Waals surface area contributed by atoms with Gasteiger partial charge in [0.05, 0.1) is 10.1 Å². The van der Waals surface area contributed by atoms with Crippen molar-refractivity contribution in [2.75, 3.05) is 5.75 Å². The standard InChI is InChI=1S/C17H30N.C10H22O3S/c1-2-3-4-5-6-7-8-9-10-12-15-18-16-13-11-14-17-18;1-2-3-4-5-6-7-8-9-10-14(11,12)13/h11,13-14,16-17H,2-10,12,15H2,1H3;2-10H2,1H3,(H,11,12,13)/q+1;/p-1. The first-order chi connectivity index (χ1) is 15.5. The lowest BCUT2D eigenvalue weighted by Gasteiger charge is -2.05. The van der Waals surface area contributed by atoms with Crippen molar-refractivity contribution in [3.8, 4) is 0 Å². The predicted molar refractivity (Wildman–Crippen MR) is 136 cm³/mol. The molecule has 0 amide bonds. The Morgan fingerprint density at radius 1 is 0.562 bits per heavy atom. The van der Waals surface area contributed by atoms with E-state index in [9.17, 15) is 13.0 Å². The molecule has 0 bridgehead atoms. The second kappa shape index (κ2) is 23.2. The number of aryl methyl sites for hydroxylation is 1. The largest absolute Gasteiger partial charge is 0.748 e. The Balaban J connectivity index is 0.000000622. The Bertz CT molecular complexity index is 590. The van der Waals surface area contributed by atoms with Gasteiger partial charge in [-0.2, -0.15) is 0 Å². The number of aromatic nitrogens is 1. The maximum Gasteiger partial charge on any atom is 0.168 e. The molecule has 5 heteroatoms. The third-order valence-electron chi connectivity index (χ3n) is 5.80. The molecule has 0 saturated heterocycles. The van der Waals surface area contributed by atoms with Gasteiger partial charge < -0.3 is 4.55 Å². The van der Waals surface area contributed by atoms with E-state index < -0.39 is 10.1 Å². The summed E-state index contributed by atoms with van der Waals surface area (Å²) in [6, 6.07) is 6.29. The Morgan fingerprint density at radius 2 is 0.938 bits per heavy atom. The van der Waals surface area contributed by atoms with E-state index in [2.05, 4.69) is 49.0 Å². The first-order valence-electron chi connectivity index (χ1n) is 13.4. The molecule has 1 heterocycles. The molecule has 188 valence electrons. The number of unbranched alkanes of at least 4 members (excludes halogenated alkanes) is 16. The molecule has 0 fully saturated rings. The van der Waals surface area contributed by atoms with Gasteiger partial charge in [0.2, 0.25) is 0 Å². The summed E-state index contributed by atoms with van der Waals surface area (Å²) in [5, 5.41) is 0. The van der Waals surface area contributed by atoms with Crippen molar-refractivity contribution in [3.05, 3.63) is 30.6 Å². The Hall–Kier alpha value is -0.940. The maximum atomic E-state index is 10.2. The van der Waals surface area contributed by atoms with Gasteiger partial charge in [-0.1, -0.05) is 116 Å². The molecule has 32 heavy (non-hydrogen) atoms. The molecule has 4 nitrogen and oxygen atoms in total. The number of hydrogen-bond acceptors (Lipinski definition) is 3. The number of nitrogens with zero attached hydrogens (tertiary/aromatic N) is 1. The van der Waals surface area contributed by atoms with E-state index in [1.54, 1.807) is 0 Å². The summed E-state index contributed by atoms with van der Waals surface area (Å²) in [5.41, 5.74) is 0. The molecule has 1 rings (SSSR count). The Labute approximate surface area is 200 Å². The molecule has 0 spiro atoms. The molecule has 0 unspecified atom stereocenters. The van der Waals surface area contributed by atoms with Gasteiger partial charge in [0.25, 0.3) is 0 Å². The lowest BCUT2D eigenvalue weighted by Crippen LogP contribution is -2.32. The molecule has 0 aliphatic heterocycles. The summed E-state index contributed by atoms with van der Waals surface area (Å²) in [6.07, 6.45) is 27.1. The average molecular weight is 470 g/mol. The fourth-order valence-electron chi connectivity index (χ4n) is 3.78. The third kappa shape index (κ3) is 25.3. The van der Waals surface area contributed by atoms with Crippen LogP contribution in [0, 0.1) is 0 Å². The van der Waals surface area contributed by atoms with Gasteiger partial charge in [-0.05, 0) is 12.8 Å². The highest BCUT2D eigenvalue weighted by molar-refractivity contribution is 7.85. The van der Waals surface area contributed by atoms with Gasteiger partial charge in [0.1, 0.15) is 6.54 Å². The van der Waals surface area contributed by atoms with E-state index in [0.29, 0.717) is 6.42 Å². The fraction of sp³-hybridized carbons (Fsp3) is 0.815. The first-order valence-corrected chi connectivity index (χ1v) is 14.9. The highest BCUT2D eigenvalue weighted by atomic mass is 32.2. The molecule has 0 atom stereocenters. The number of rotatable bonds is 20. The van der Waals surface area contributed by atoms with Gasteiger partial charge >= 0.3 is 0 Å². The molecule has 0 N–H and O–H groups in total. The predicted octanol–water partition coefficient (Wildman–Crippen LogP) is 7.57. The molecule has 1 aromatic heterocycles. The van der Waals surface area contributed by atoms with Gasteiger partial charge in [-0.15, -0.1) is 0 Å². The van der Waals surface area contributed by atoms with Crippen molar-refractivity contribution < 1.29 is 17.5 Å². The van der Waals surface area contributed by atoms with Gasteiger partial charge in [-0.3, -0.25) is 0 Å². The van der Waals surface area contributed by atoms with Crippen LogP contribution in [0.5, 0.6) is 0 Å². The van der Waals surface area contributed by atoms with Crippen LogP contribution in [0.4, 0.5) is 0 Å². The van der Waals surface area contributed by atoms with E-state index in [-0.39, 0.29) is 5.75 Å². The van der Waals surface area contributed by atoms with Crippen LogP contribution in [0.2, 0.25) is 0 Å². The number of hydrogen-bond donors (Lipinski definition) is 0. The third-order valence-corrected chi connectivity index (χ3v) is 6.58. The summed E-state index contributed by atoms with van der Waals surface area (Å²) < 4.78 is 33.0. The van der Waals surface area contributed by atoms with Gasteiger partial charge in [0, 0.05) is 24.3 Å². The first kappa shape index (κ1) is 31.1. The summed E-state index contributed by atoms with van der Waals surface area (Å²) in [6.45, 7) is 5.64. The van der Waals surface area contributed by atoms with Crippen LogP contribution >= 0.6 is 0 Å². The van der Waals surface area contributed by atoms with Crippen molar-refractivity contribution in [1.29, 1.82) is 0 Å². The van der Waals surface area contributed by atoms with Crippen LogP contribution in [0.25, 0.3) is 0 Å². The van der Waals surface area contributed by atoms with Gasteiger partial charge in [0.15, 0.2) is 12.4 Å². The van der Waals surface area contributed by atoms with Crippen molar-refractivity contribution >= 4 is 10.1 Å². The minimum atomic E-state index is -3.98. The van der Waals surface area contributed by atoms with Crippen LogP contribution in [-0.4, -0.2) is 18.7 Å². The highest BCUT2D eigenvalue weighted by Crippen LogP contribution is 2.10. The molecule has 0 saturated carbocycles. The van der Waals surface area contributed by atoms with Crippen molar-refractivity contribution in [2.45, 2.75) is 136 Å². The smallest absolute Gasteiger partial charge is 0.168 e. The zero-order valence-corrected chi connectivity index (χ0v) is 21.9. The van der Waals surface area contributed by atoms with Crippen molar-refractivity contribution in [1.82, 2.24) is 0 Å². The number of pyridine rings is 1. The van der Waals surface area contributed by atoms with Crippen LogP contribution in [0.1, 0.15) is 129 Å². The maximum absolute atomic E-state index is 10.2. The molecule has 0 aliphatic carbocycles. The van der Waals surface area contributed by atoms with Gasteiger partial charge in [-0.25, -0.2) is 13.0 Å². The van der Waals surface area contributed by atoms with Crippen molar-refractivity contribution in [3.63, 3.8) is 0 Å². The molecule has 0 radical (unpaired) electrons. The topological polar surface area (TPSA) is 61.1 Å². The average Bonchev–Trinajstić information content (AvgIpc) is 2.77. The lowest BCUT2D eigenvalue weighted by molar-refractivity contribution is -0.697. The molecular weight excluding hydrogens is 418 g/mol. The second-order valence-corrected chi connectivity index (χ2v) is 10.6. The van der Waals surface area contributed by atoms with E-state index in [4.69, 9.17) is 0 Å². The minimum absolute atomic E-state index is 0.193. The van der Waals surface area contributed by atoms with E-state index in [0.717, 1.165) is 12.8 Å². The SMILES string of the molecule is CCCCCCCCCCCC[n+]1ccccc1.CCCCCCCCCCS(=O)(=O)[O-]. The highest BCUT2D eigenvalue weighted by Gasteiger charge is 1.98. The zero-order chi connectivity index (χ0) is 23.8. The Morgan fingerprint density at radius 3 is 1.34 bits per heavy atom. The Kier molecular flexibility index (Phi) is 22.5. The fourth-order valence-corrected chi connectivity index (χ4v) is 4.34. The lowest BCUT2D eigenvalue weighted by atomic mass is 10.1. The van der Waals surface area contributed by atoms with E-state index in [1.165, 1.54) is 103 Å². The molecule has 1 aromatic rings. The summed E-state index contributed by atoms with van der Waals surface area (Å²) >= 11 is 0. The minimum Gasteiger partial charge on any atom is -0.748 e. The summed E-state index contributed by atoms with van der Waals surface area (Å²) in [5.74, 6) is -0.193. The van der Waals surface area contributed by atoms with E-state index >= 15 is 0 Å². The zero-order valence-electron chi connectivity index (χ0n) is 21.1. The van der Waals surface area contributed by atoms with Crippen molar-refractivity contribution in [2.24, 2.45) is 0 Å². The second-order valence-electron chi connectivity index (χ2n) is 9.03. The van der Waals surface area contributed by atoms with Crippen LogP contribution in [-0.2, 0) is 16.7 Å². The molecule has 0 aromatic carbocycles. The summed E-state index contributed by atoms with van der Waals surface area (Å²) in [7, 11) is -3.98. The molecule has 0 aliphatic rings. The van der Waals surface area contributed by atoms with Crippen LogP contribution < -0.4 is 4.57 Å². The van der Waals surface area contributed by atoms with E-state index in [1.807, 2.05) is 0 Å². The monoisotopic (exact) mass is 469 g/mol. The van der Waals surface area contributed by atoms with Crippen LogP contribution in [0.15, 0.2) is 30.6 Å². The molecular formula is C27H51NO3S. The summed E-state index contributed by atoms with van der Waals surface area (Å²) in [4.78, 5) is 0. The quantitative estimate of drug-likeness (QED) is 0.112.